The van der Waals surface area contributed by atoms with Crippen LogP contribution in [0.1, 0.15) is 250 Å². The Hall–Kier alpha value is -1.98. The number of sulfone groups is 1. The number of benzene rings is 1. The van der Waals surface area contributed by atoms with Crippen molar-refractivity contribution in [1.29, 1.82) is 0 Å². The molecule has 0 amide bonds. The highest BCUT2D eigenvalue weighted by Crippen LogP contribution is 2.69. The summed E-state index contributed by atoms with van der Waals surface area (Å²) in [6, 6.07) is 7.75. The van der Waals surface area contributed by atoms with Gasteiger partial charge in [-0.15, -0.1) is 17.9 Å². The molecule has 8 aliphatic rings. The molecule has 10 rings (SSSR count). The lowest BCUT2D eigenvalue weighted by Gasteiger charge is -2.58. The van der Waals surface area contributed by atoms with E-state index in [9.17, 15) is 8.42 Å². The van der Waals surface area contributed by atoms with Gasteiger partial charge in [-0.25, -0.2) is 13.4 Å². The summed E-state index contributed by atoms with van der Waals surface area (Å²) in [5, 5.41) is 0. The molecule has 1 heterocycles. The van der Waals surface area contributed by atoms with Crippen molar-refractivity contribution < 1.29 is 8.42 Å². The van der Waals surface area contributed by atoms with Crippen molar-refractivity contribution in [2.24, 2.45) is 105 Å². The Morgan fingerprint density at radius 3 is 1.65 bits per heavy atom. The maximum absolute atomic E-state index is 13.4. The van der Waals surface area contributed by atoms with Crippen molar-refractivity contribution in [2.45, 2.75) is 254 Å². The van der Waals surface area contributed by atoms with Crippen molar-refractivity contribution in [3.63, 3.8) is 0 Å². The fraction of sp³-hybridized carbons (Fsp3) is 0.792. The Bertz CT molecular complexity index is 2400. The van der Waals surface area contributed by atoms with Crippen molar-refractivity contribution >= 4 is 31.4 Å². The second-order valence-electron chi connectivity index (χ2n) is 29.3. The molecule has 1 aromatic carbocycles. The van der Waals surface area contributed by atoms with Gasteiger partial charge in [-0.2, -0.15) is 0 Å². The molecule has 0 spiro atoms. The van der Waals surface area contributed by atoms with Crippen molar-refractivity contribution in [1.82, 2.24) is 4.98 Å². The van der Waals surface area contributed by atoms with E-state index in [0.717, 1.165) is 81.2 Å². The number of thiazole rings is 1. The number of allylic oxidation sites excluding steroid dienone is 7. The minimum Gasteiger partial charge on any atom is -0.225 e. The van der Waals surface area contributed by atoms with E-state index >= 15 is 0 Å². The van der Waals surface area contributed by atoms with E-state index < -0.39 is 9.84 Å². The molecule has 0 bridgehead atoms. The molecule has 16 atom stereocenters. The lowest BCUT2D eigenvalue weighted by Crippen LogP contribution is -2.50. The van der Waals surface area contributed by atoms with Crippen LogP contribution in [0.15, 0.2) is 76.7 Å². The molecule has 6 saturated carbocycles. The van der Waals surface area contributed by atoms with Gasteiger partial charge in [-0.3, -0.25) is 0 Å². The standard InChI is InChI=1S/C32H54.C30H41NO2S2.C10H20/c1-7-10-25(11-8-2)13-9-12-24(4)28-16-17-29-27-15-14-26-22-23(3)18-20-31(26,5)30(27)19-21-32(28,29)6;1-19-13-15-29(3)21(17-19)9-10-22-24-12-11-23(30(24,4)16-14-25(22)29)20(2)18-35(32,33)28-31-26-7-5-6-8-27(26)34-28;1-4-7-10(8-5-2)9-6-3/h9,12,14,23-25,27-30H,7-8,10-11,13,15-22H2,1-6H3;5-9,19-20,22-25H,10-18H2,1-4H3;4,10H,1,5-9H2,2-3H3/b12-9+;;/t23-,24+,27-,28+,29-,30-,31-,32+;19-,20+,22-,23+,24-,25-,29-,30+;/m00./s1. The lowest BCUT2D eigenvalue weighted by atomic mass is 9.46. The lowest BCUT2D eigenvalue weighted by molar-refractivity contribution is -0.0501. The summed E-state index contributed by atoms with van der Waals surface area (Å²) in [6.45, 7) is 33.1. The van der Waals surface area contributed by atoms with Crippen LogP contribution in [-0.2, 0) is 9.84 Å². The summed E-state index contributed by atoms with van der Waals surface area (Å²) in [6.07, 6.45) is 48.2. The highest BCUT2D eigenvalue weighted by Gasteiger charge is 2.61. The average Bonchev–Trinajstić information content (AvgIpc) is 4.24. The number of hydrogen-bond acceptors (Lipinski definition) is 4. The number of aromatic nitrogens is 1. The minimum absolute atomic E-state index is 0.166. The zero-order valence-corrected chi connectivity index (χ0v) is 53.3. The Morgan fingerprint density at radius 1 is 0.649 bits per heavy atom. The predicted octanol–water partition coefficient (Wildman–Crippen LogP) is 21.7. The Kier molecular flexibility index (Phi) is 20.7. The molecule has 0 aliphatic heterocycles. The SMILES string of the molecule is C=CCC(CCC)CCC.CCCC(C/C=C/[C@@H](C)[C@H]1CC[C@H]2[C@@H]3CC=C4C[C@@H](C)CC[C@]4(C)[C@H]3CC[C@]12C)CCC.C[C@H]1CC[C@@]2(C)C(=CC[C@H]3[C@@H]4CC[C@H]([C@H](C)CS(=O)(=O)c5nc6ccccc6s5)[C@@]4(C)CC[C@@H]32)C1. The molecule has 5 heteroatoms. The average molecular weight is 1090 g/mol. The van der Waals surface area contributed by atoms with Crippen LogP contribution < -0.4 is 0 Å². The zero-order chi connectivity index (χ0) is 55.3. The van der Waals surface area contributed by atoms with E-state index in [-0.39, 0.29) is 17.1 Å². The Balaban J connectivity index is 0.000000174. The van der Waals surface area contributed by atoms with Gasteiger partial charge in [0, 0.05) is 0 Å². The van der Waals surface area contributed by atoms with Gasteiger partial charge in [0.05, 0.1) is 16.0 Å². The molecule has 432 valence electrons. The molecular weight excluding hydrogens is 975 g/mol. The van der Waals surface area contributed by atoms with Crippen LogP contribution in [-0.4, -0.2) is 19.2 Å². The molecule has 1 aromatic heterocycles. The van der Waals surface area contributed by atoms with Crippen LogP contribution in [0.2, 0.25) is 0 Å². The predicted molar refractivity (Wildman–Crippen MR) is 334 cm³/mol. The van der Waals surface area contributed by atoms with Gasteiger partial charge in [0.2, 0.25) is 14.2 Å². The molecule has 0 N–H and O–H groups in total. The number of fused-ring (bicyclic) bond motifs is 11. The first-order valence-electron chi connectivity index (χ1n) is 33.0. The van der Waals surface area contributed by atoms with Crippen LogP contribution in [0.3, 0.4) is 0 Å². The van der Waals surface area contributed by atoms with Gasteiger partial charge in [0.1, 0.15) is 0 Å². The molecule has 0 unspecified atom stereocenters. The third kappa shape index (κ3) is 12.8. The first-order chi connectivity index (χ1) is 36.8. The quantitative estimate of drug-likeness (QED) is 0.140. The largest absolute Gasteiger partial charge is 0.225 e. The van der Waals surface area contributed by atoms with E-state index in [2.05, 4.69) is 125 Å². The number of nitrogens with zero attached hydrogens (tertiary/aromatic N) is 1. The van der Waals surface area contributed by atoms with Gasteiger partial charge >= 0.3 is 0 Å². The van der Waals surface area contributed by atoms with Crippen molar-refractivity contribution in [3.05, 3.63) is 72.4 Å². The van der Waals surface area contributed by atoms with E-state index in [1.165, 1.54) is 178 Å². The van der Waals surface area contributed by atoms with Gasteiger partial charge in [0.25, 0.3) is 0 Å². The van der Waals surface area contributed by atoms with E-state index in [0.29, 0.717) is 26.5 Å². The van der Waals surface area contributed by atoms with Crippen LogP contribution in [0.5, 0.6) is 0 Å². The minimum atomic E-state index is -3.38. The zero-order valence-electron chi connectivity index (χ0n) is 51.7. The third-order valence-electron chi connectivity index (χ3n) is 24.4. The second-order valence-corrected chi connectivity index (χ2v) is 32.6. The van der Waals surface area contributed by atoms with Crippen molar-refractivity contribution in [2.75, 3.05) is 5.75 Å². The van der Waals surface area contributed by atoms with Crippen LogP contribution in [0, 0.1) is 105 Å². The number of para-hydroxylation sites is 1. The van der Waals surface area contributed by atoms with E-state index in [4.69, 9.17) is 0 Å². The van der Waals surface area contributed by atoms with Crippen molar-refractivity contribution in [3.8, 4) is 0 Å². The molecule has 0 saturated heterocycles. The number of hydrogen-bond donors (Lipinski definition) is 0. The summed E-state index contributed by atoms with van der Waals surface area (Å²) < 4.78 is 28.1. The molecular formula is C72H115NO2S2. The van der Waals surface area contributed by atoms with Crippen LogP contribution in [0.4, 0.5) is 0 Å². The topological polar surface area (TPSA) is 47.0 Å². The summed E-state index contributed by atoms with van der Waals surface area (Å²) in [5.74, 6) is 11.4. The maximum atomic E-state index is 13.4. The normalized spacial score (nSPS) is 37.2. The molecule has 2 aromatic rings. The first-order valence-corrected chi connectivity index (χ1v) is 35.5. The monoisotopic (exact) mass is 1090 g/mol. The summed E-state index contributed by atoms with van der Waals surface area (Å²) in [5.41, 5.74) is 6.23. The van der Waals surface area contributed by atoms with Crippen LogP contribution in [0.25, 0.3) is 10.2 Å². The summed E-state index contributed by atoms with van der Waals surface area (Å²) >= 11 is 1.33. The molecule has 0 radical (unpaired) electrons. The summed E-state index contributed by atoms with van der Waals surface area (Å²) in [4.78, 5) is 4.49. The van der Waals surface area contributed by atoms with Gasteiger partial charge in [-0.1, -0.05) is 188 Å². The third-order valence-corrected chi connectivity index (χ3v) is 27.8. The van der Waals surface area contributed by atoms with Gasteiger partial charge < -0.3 is 0 Å². The Labute approximate surface area is 479 Å². The highest BCUT2D eigenvalue weighted by atomic mass is 32.2. The second kappa shape index (κ2) is 26.1. The fourth-order valence-electron chi connectivity index (χ4n) is 20.3. The fourth-order valence-corrected chi connectivity index (χ4v) is 23.3. The smallest absolute Gasteiger partial charge is 0.210 e. The molecule has 6 fully saturated rings. The van der Waals surface area contributed by atoms with Gasteiger partial charge in [-0.05, 0) is 232 Å². The molecule has 8 aliphatic carbocycles. The highest BCUT2D eigenvalue weighted by molar-refractivity contribution is 7.93. The summed E-state index contributed by atoms with van der Waals surface area (Å²) in [7, 11) is -3.38. The number of rotatable bonds is 18. The maximum Gasteiger partial charge on any atom is 0.210 e. The van der Waals surface area contributed by atoms with E-state index in [1.807, 2.05) is 29.8 Å². The molecule has 77 heavy (non-hydrogen) atoms. The van der Waals surface area contributed by atoms with Gasteiger partial charge in [0.15, 0.2) is 0 Å². The van der Waals surface area contributed by atoms with Crippen LogP contribution >= 0.6 is 11.3 Å². The Morgan fingerprint density at radius 2 is 1.14 bits per heavy atom. The van der Waals surface area contributed by atoms with E-state index in [1.54, 1.807) is 5.57 Å². The molecule has 3 nitrogen and oxygen atoms in total. The first kappa shape index (κ1) is 61.1.